The highest BCUT2D eigenvalue weighted by Crippen LogP contribution is 2.30. The third-order valence-electron chi connectivity index (χ3n) is 5.62. The Bertz CT molecular complexity index is 353. The molecule has 2 saturated heterocycles. The minimum atomic E-state index is -0.346. The highest BCUT2D eigenvalue weighted by atomic mass is 35.5. The Balaban J connectivity index is 0.00000264. The van der Waals surface area contributed by atoms with Crippen molar-refractivity contribution in [2.75, 3.05) is 52.5 Å². The maximum Gasteiger partial charge on any atom is 0.230 e. The van der Waals surface area contributed by atoms with Crippen LogP contribution in [0.5, 0.6) is 0 Å². The van der Waals surface area contributed by atoms with E-state index in [4.69, 9.17) is 10.5 Å². The Morgan fingerprint density at radius 3 is 2.33 bits per heavy atom. The standard InChI is InChI=1S/C17H33N3O2.2ClH/c1-3-17(4-2,14-18)16(21)20-7-5-6-15(13-20)12-19-8-10-22-11-9-19;;/h15H,3-14,18H2,1-2H3;2*1H. The second kappa shape index (κ2) is 11.5. The summed E-state index contributed by atoms with van der Waals surface area (Å²) in [4.78, 5) is 17.5. The largest absolute Gasteiger partial charge is 0.379 e. The predicted molar refractivity (Wildman–Crippen MR) is 103 cm³/mol. The van der Waals surface area contributed by atoms with Crippen LogP contribution < -0.4 is 5.73 Å². The zero-order valence-corrected chi connectivity index (χ0v) is 16.8. The van der Waals surface area contributed by atoms with Crippen LogP contribution in [0, 0.1) is 11.3 Å². The average Bonchev–Trinajstić information content (AvgIpc) is 2.58. The van der Waals surface area contributed by atoms with Crippen LogP contribution in [0.25, 0.3) is 0 Å². The number of halogens is 2. The van der Waals surface area contributed by atoms with Gasteiger partial charge in [0.15, 0.2) is 0 Å². The fraction of sp³-hybridized carbons (Fsp3) is 0.941. The van der Waals surface area contributed by atoms with Crippen molar-refractivity contribution in [1.29, 1.82) is 0 Å². The Morgan fingerprint density at radius 1 is 1.17 bits per heavy atom. The molecule has 2 N–H and O–H groups in total. The van der Waals surface area contributed by atoms with Gasteiger partial charge < -0.3 is 15.4 Å². The van der Waals surface area contributed by atoms with E-state index in [9.17, 15) is 4.79 Å². The Kier molecular flexibility index (Phi) is 11.5. The van der Waals surface area contributed by atoms with Crippen LogP contribution in [0.2, 0.25) is 0 Å². The van der Waals surface area contributed by atoms with Gasteiger partial charge in [0.05, 0.1) is 18.6 Å². The van der Waals surface area contributed by atoms with Gasteiger partial charge >= 0.3 is 0 Å². The molecule has 24 heavy (non-hydrogen) atoms. The molecule has 0 bridgehead atoms. The van der Waals surface area contributed by atoms with Crippen LogP contribution in [0.4, 0.5) is 0 Å². The second-order valence-corrected chi connectivity index (χ2v) is 6.86. The number of carbonyl (C=O) groups is 1. The predicted octanol–water partition coefficient (Wildman–Crippen LogP) is 2.17. The normalized spacial score (nSPS) is 22.5. The SMILES string of the molecule is CCC(CC)(CN)C(=O)N1CCCC(CN2CCOCC2)C1.Cl.Cl. The first-order valence-corrected chi connectivity index (χ1v) is 8.94. The summed E-state index contributed by atoms with van der Waals surface area (Å²) in [6.07, 6.45) is 4.02. The van der Waals surface area contributed by atoms with Crippen molar-refractivity contribution in [2.24, 2.45) is 17.1 Å². The van der Waals surface area contributed by atoms with Crippen LogP contribution >= 0.6 is 24.8 Å². The Labute approximate surface area is 159 Å². The molecule has 144 valence electrons. The van der Waals surface area contributed by atoms with Crippen LogP contribution in [-0.2, 0) is 9.53 Å². The molecule has 5 nitrogen and oxygen atoms in total. The molecule has 0 radical (unpaired) electrons. The second-order valence-electron chi connectivity index (χ2n) is 6.86. The van der Waals surface area contributed by atoms with Gasteiger partial charge in [-0.1, -0.05) is 13.8 Å². The summed E-state index contributed by atoms with van der Waals surface area (Å²) < 4.78 is 5.42. The van der Waals surface area contributed by atoms with E-state index >= 15 is 0 Å². The lowest BCUT2D eigenvalue weighted by Crippen LogP contribution is -2.52. The van der Waals surface area contributed by atoms with Crippen LogP contribution in [0.3, 0.4) is 0 Å². The summed E-state index contributed by atoms with van der Waals surface area (Å²) in [5.41, 5.74) is 5.60. The lowest BCUT2D eigenvalue weighted by molar-refractivity contribution is -0.144. The number of ether oxygens (including phenoxy) is 1. The number of piperidine rings is 1. The fourth-order valence-corrected chi connectivity index (χ4v) is 3.81. The number of hydrogen-bond donors (Lipinski definition) is 1. The van der Waals surface area contributed by atoms with Crippen molar-refractivity contribution in [3.05, 3.63) is 0 Å². The van der Waals surface area contributed by atoms with Crippen LogP contribution in [-0.4, -0.2) is 68.2 Å². The van der Waals surface area contributed by atoms with Crippen molar-refractivity contribution < 1.29 is 9.53 Å². The van der Waals surface area contributed by atoms with Gasteiger partial charge in [-0.3, -0.25) is 9.69 Å². The molecule has 7 heteroatoms. The lowest BCUT2D eigenvalue weighted by Gasteiger charge is -2.41. The molecule has 1 amide bonds. The molecule has 1 unspecified atom stereocenters. The minimum Gasteiger partial charge on any atom is -0.379 e. The third-order valence-corrected chi connectivity index (χ3v) is 5.62. The first kappa shape index (κ1) is 23.9. The molecule has 0 aromatic rings. The van der Waals surface area contributed by atoms with Gasteiger partial charge in [-0.2, -0.15) is 0 Å². The van der Waals surface area contributed by atoms with Gasteiger partial charge in [0, 0.05) is 39.3 Å². The number of nitrogens with zero attached hydrogens (tertiary/aromatic N) is 2. The molecule has 0 saturated carbocycles. The van der Waals surface area contributed by atoms with Gasteiger partial charge in [0.1, 0.15) is 0 Å². The van der Waals surface area contributed by atoms with E-state index in [1.165, 1.54) is 6.42 Å². The lowest BCUT2D eigenvalue weighted by atomic mass is 9.80. The molecular formula is C17H35Cl2N3O2. The van der Waals surface area contributed by atoms with Crippen LogP contribution in [0.15, 0.2) is 0 Å². The fourth-order valence-electron chi connectivity index (χ4n) is 3.81. The number of hydrogen-bond acceptors (Lipinski definition) is 4. The molecular weight excluding hydrogens is 349 g/mol. The number of carbonyl (C=O) groups excluding carboxylic acids is 1. The van der Waals surface area contributed by atoms with Gasteiger partial charge in [-0.25, -0.2) is 0 Å². The summed E-state index contributed by atoms with van der Waals surface area (Å²) >= 11 is 0. The van der Waals surface area contributed by atoms with E-state index < -0.39 is 0 Å². The van der Waals surface area contributed by atoms with Crippen molar-refractivity contribution in [3.63, 3.8) is 0 Å². The Morgan fingerprint density at radius 2 is 1.79 bits per heavy atom. The quantitative estimate of drug-likeness (QED) is 0.763. The van der Waals surface area contributed by atoms with E-state index in [0.717, 1.165) is 65.2 Å². The van der Waals surface area contributed by atoms with Gasteiger partial charge in [-0.15, -0.1) is 24.8 Å². The van der Waals surface area contributed by atoms with E-state index in [0.29, 0.717) is 12.5 Å². The molecule has 1 atom stereocenters. The molecule has 2 aliphatic heterocycles. The highest BCUT2D eigenvalue weighted by Gasteiger charge is 2.38. The third kappa shape index (κ3) is 5.73. The Hall–Kier alpha value is -0.0700. The number of amides is 1. The van der Waals surface area contributed by atoms with Crippen molar-refractivity contribution in [2.45, 2.75) is 39.5 Å². The van der Waals surface area contributed by atoms with Crippen molar-refractivity contribution in [1.82, 2.24) is 9.80 Å². The summed E-state index contributed by atoms with van der Waals surface area (Å²) in [6, 6.07) is 0. The summed E-state index contributed by atoms with van der Waals surface area (Å²) in [5.74, 6) is 0.881. The molecule has 2 fully saturated rings. The topological polar surface area (TPSA) is 58.8 Å². The zero-order chi connectivity index (χ0) is 16.0. The van der Waals surface area contributed by atoms with E-state index in [1.54, 1.807) is 0 Å². The van der Waals surface area contributed by atoms with Gasteiger partial charge in [0.2, 0.25) is 5.91 Å². The molecule has 0 spiro atoms. The maximum absolute atomic E-state index is 13.0. The minimum absolute atomic E-state index is 0. The average molecular weight is 384 g/mol. The molecule has 2 heterocycles. The molecule has 0 aromatic heterocycles. The summed E-state index contributed by atoms with van der Waals surface area (Å²) in [5, 5.41) is 0. The smallest absolute Gasteiger partial charge is 0.230 e. The maximum atomic E-state index is 13.0. The zero-order valence-electron chi connectivity index (χ0n) is 15.2. The molecule has 0 aliphatic carbocycles. The van der Waals surface area contributed by atoms with Gasteiger partial charge in [-0.05, 0) is 31.6 Å². The summed E-state index contributed by atoms with van der Waals surface area (Å²) in [6.45, 7) is 11.3. The first-order valence-electron chi connectivity index (χ1n) is 8.94. The number of likely N-dealkylation sites (tertiary alicyclic amines) is 1. The number of nitrogens with two attached hydrogens (primary N) is 1. The highest BCUT2D eigenvalue weighted by molar-refractivity contribution is 5.85. The molecule has 2 rings (SSSR count). The first-order chi connectivity index (χ1) is 10.6. The number of morpholine rings is 1. The summed E-state index contributed by atoms with van der Waals surface area (Å²) in [7, 11) is 0. The number of rotatable bonds is 6. The van der Waals surface area contributed by atoms with E-state index in [1.807, 2.05) is 0 Å². The molecule has 2 aliphatic rings. The van der Waals surface area contributed by atoms with E-state index in [2.05, 4.69) is 23.6 Å². The monoisotopic (exact) mass is 383 g/mol. The van der Waals surface area contributed by atoms with Crippen molar-refractivity contribution in [3.8, 4) is 0 Å². The van der Waals surface area contributed by atoms with Crippen LogP contribution in [0.1, 0.15) is 39.5 Å². The molecule has 0 aromatic carbocycles. The van der Waals surface area contributed by atoms with Crippen molar-refractivity contribution >= 4 is 30.7 Å². The van der Waals surface area contributed by atoms with Gasteiger partial charge in [0.25, 0.3) is 0 Å². The van der Waals surface area contributed by atoms with E-state index in [-0.39, 0.29) is 36.1 Å².